The summed E-state index contributed by atoms with van der Waals surface area (Å²) in [4.78, 5) is 30.0. The summed E-state index contributed by atoms with van der Waals surface area (Å²) in [5.41, 5.74) is 1.14. The number of rotatable bonds is 9. The molecule has 2 aliphatic rings. The summed E-state index contributed by atoms with van der Waals surface area (Å²) < 4.78 is 11.0. The molecule has 2 aromatic carbocycles. The zero-order valence-corrected chi connectivity index (χ0v) is 20.0. The van der Waals surface area contributed by atoms with E-state index in [1.807, 2.05) is 6.92 Å². The molecule has 186 valence electrons. The number of likely N-dealkylation sites (tertiary alicyclic amines) is 1. The van der Waals surface area contributed by atoms with E-state index in [1.54, 1.807) is 36.4 Å². The number of phenols is 1. The van der Waals surface area contributed by atoms with E-state index in [4.69, 9.17) is 9.47 Å². The van der Waals surface area contributed by atoms with Crippen molar-refractivity contribution in [2.45, 2.75) is 25.8 Å². The molecule has 0 saturated carbocycles. The van der Waals surface area contributed by atoms with Crippen LogP contribution in [0.2, 0.25) is 0 Å². The summed E-state index contributed by atoms with van der Waals surface area (Å²) in [6.07, 6.45) is 1.56. The first-order valence-electron chi connectivity index (χ1n) is 12.1. The number of amides is 1. The van der Waals surface area contributed by atoms with E-state index in [2.05, 4.69) is 4.90 Å². The number of benzene rings is 2. The van der Waals surface area contributed by atoms with Gasteiger partial charge in [0.2, 0.25) is 0 Å². The maximum Gasteiger partial charge on any atom is 0.295 e. The maximum absolute atomic E-state index is 13.1. The number of aliphatic hydroxyl groups is 1. The lowest BCUT2D eigenvalue weighted by Crippen LogP contribution is -2.38. The molecule has 2 fully saturated rings. The van der Waals surface area contributed by atoms with Crippen LogP contribution in [0.4, 0.5) is 0 Å². The minimum absolute atomic E-state index is 0.0503. The van der Waals surface area contributed by atoms with E-state index in [0.29, 0.717) is 49.7 Å². The molecule has 2 N–H and O–H groups in total. The van der Waals surface area contributed by atoms with Crippen molar-refractivity contribution in [3.8, 4) is 11.5 Å². The van der Waals surface area contributed by atoms with Crippen molar-refractivity contribution in [3.63, 3.8) is 0 Å². The third-order valence-electron chi connectivity index (χ3n) is 6.33. The molecule has 8 heteroatoms. The summed E-state index contributed by atoms with van der Waals surface area (Å²) in [5, 5.41) is 20.9. The van der Waals surface area contributed by atoms with Crippen LogP contribution in [0, 0.1) is 0 Å². The lowest BCUT2D eigenvalue weighted by Gasteiger charge is -2.29. The van der Waals surface area contributed by atoms with Crippen LogP contribution in [0.25, 0.3) is 5.76 Å². The minimum atomic E-state index is -0.740. The Morgan fingerprint density at radius 1 is 1.03 bits per heavy atom. The number of morpholine rings is 1. The van der Waals surface area contributed by atoms with Crippen molar-refractivity contribution >= 4 is 17.4 Å². The zero-order valence-electron chi connectivity index (χ0n) is 20.0. The van der Waals surface area contributed by atoms with Gasteiger partial charge in [-0.3, -0.25) is 14.5 Å². The molecular weight excluding hydrogens is 448 g/mol. The predicted octanol–water partition coefficient (Wildman–Crippen LogP) is 3.33. The number of nitrogens with zero attached hydrogens (tertiary/aromatic N) is 2. The Bertz CT molecular complexity index is 1060. The minimum Gasteiger partial charge on any atom is -0.508 e. The molecule has 0 aromatic heterocycles. The zero-order chi connectivity index (χ0) is 24.8. The number of ether oxygens (including phenoxy) is 2. The average molecular weight is 481 g/mol. The fourth-order valence-electron chi connectivity index (χ4n) is 4.49. The van der Waals surface area contributed by atoms with Crippen LogP contribution in [0.15, 0.2) is 54.1 Å². The summed E-state index contributed by atoms with van der Waals surface area (Å²) in [7, 11) is 0. The van der Waals surface area contributed by atoms with Crippen LogP contribution in [0.1, 0.15) is 36.9 Å². The SMILES string of the molecule is CCCOc1ccc(/C(O)=C2\C(=O)C(=O)N(CCCN3CCOCC3)[C@H]2c2ccc(O)cc2)cc1. The van der Waals surface area contributed by atoms with Gasteiger partial charge in [-0.2, -0.15) is 0 Å². The third kappa shape index (κ3) is 5.66. The van der Waals surface area contributed by atoms with Crippen LogP contribution >= 0.6 is 0 Å². The van der Waals surface area contributed by atoms with Crippen LogP contribution in [0.3, 0.4) is 0 Å². The second-order valence-corrected chi connectivity index (χ2v) is 8.76. The van der Waals surface area contributed by atoms with Gasteiger partial charge in [-0.1, -0.05) is 19.1 Å². The molecule has 0 bridgehead atoms. The van der Waals surface area contributed by atoms with E-state index in [1.165, 1.54) is 17.0 Å². The van der Waals surface area contributed by atoms with Gasteiger partial charge in [-0.15, -0.1) is 0 Å². The van der Waals surface area contributed by atoms with Crippen molar-refractivity contribution in [2.75, 3.05) is 46.0 Å². The van der Waals surface area contributed by atoms with Crippen molar-refractivity contribution in [1.29, 1.82) is 0 Å². The number of carbonyl (C=O) groups excluding carboxylic acids is 2. The molecule has 0 spiro atoms. The highest BCUT2D eigenvalue weighted by atomic mass is 16.5. The lowest BCUT2D eigenvalue weighted by molar-refractivity contribution is -0.140. The first-order chi connectivity index (χ1) is 17.0. The van der Waals surface area contributed by atoms with Gasteiger partial charge in [0.05, 0.1) is 31.4 Å². The van der Waals surface area contributed by atoms with Crippen molar-refractivity contribution in [1.82, 2.24) is 9.80 Å². The molecule has 0 unspecified atom stereocenters. The number of phenolic OH excluding ortho intramolecular Hbond substituents is 1. The van der Waals surface area contributed by atoms with Crippen molar-refractivity contribution in [3.05, 3.63) is 65.2 Å². The number of aromatic hydroxyl groups is 1. The number of ketones is 1. The smallest absolute Gasteiger partial charge is 0.295 e. The number of hydrogen-bond acceptors (Lipinski definition) is 7. The van der Waals surface area contributed by atoms with E-state index in [9.17, 15) is 19.8 Å². The molecule has 0 radical (unpaired) electrons. The van der Waals surface area contributed by atoms with Gasteiger partial charge in [-0.25, -0.2) is 0 Å². The van der Waals surface area contributed by atoms with Crippen LogP contribution in [-0.4, -0.2) is 77.7 Å². The highest BCUT2D eigenvalue weighted by molar-refractivity contribution is 6.46. The lowest BCUT2D eigenvalue weighted by atomic mass is 9.95. The third-order valence-corrected chi connectivity index (χ3v) is 6.33. The van der Waals surface area contributed by atoms with Gasteiger partial charge in [0.15, 0.2) is 0 Å². The molecule has 1 amide bonds. The molecule has 2 aliphatic heterocycles. The van der Waals surface area contributed by atoms with Gasteiger partial charge in [0, 0.05) is 31.7 Å². The molecule has 4 rings (SSSR count). The van der Waals surface area contributed by atoms with Gasteiger partial charge in [-0.05, 0) is 54.8 Å². The number of Topliss-reactive ketones (excluding diaryl/α,β-unsaturated/α-hetero) is 1. The Labute approximate surface area is 205 Å². The first kappa shape index (κ1) is 24.8. The second kappa shape index (κ2) is 11.4. The number of aliphatic hydroxyl groups excluding tert-OH is 1. The highest BCUT2D eigenvalue weighted by Gasteiger charge is 2.45. The molecule has 35 heavy (non-hydrogen) atoms. The first-order valence-corrected chi connectivity index (χ1v) is 12.1. The Hall–Kier alpha value is -3.36. The number of carbonyl (C=O) groups is 2. The van der Waals surface area contributed by atoms with Crippen molar-refractivity contribution < 1.29 is 29.3 Å². The maximum atomic E-state index is 13.1. The largest absolute Gasteiger partial charge is 0.508 e. The molecule has 8 nitrogen and oxygen atoms in total. The fourth-order valence-corrected chi connectivity index (χ4v) is 4.49. The standard InChI is InChI=1S/C27H32N2O6/c1-2-16-35-22-10-6-20(7-11-22)25(31)23-24(19-4-8-21(30)9-5-19)29(27(33)26(23)32)13-3-12-28-14-17-34-18-15-28/h4-11,24,30-31H,2-3,12-18H2,1H3/b25-23+/t24-/m0/s1. The van der Waals surface area contributed by atoms with E-state index in [-0.39, 0.29) is 17.1 Å². The molecule has 0 aliphatic carbocycles. The van der Waals surface area contributed by atoms with Crippen LogP contribution in [0.5, 0.6) is 11.5 Å². The van der Waals surface area contributed by atoms with Gasteiger partial charge in [0.25, 0.3) is 11.7 Å². The van der Waals surface area contributed by atoms with Gasteiger partial charge in [0.1, 0.15) is 17.3 Å². The summed E-state index contributed by atoms with van der Waals surface area (Å²) in [6.45, 7) is 6.84. The van der Waals surface area contributed by atoms with Crippen LogP contribution in [-0.2, 0) is 14.3 Å². The Balaban J connectivity index is 1.63. The monoisotopic (exact) mass is 480 g/mol. The second-order valence-electron chi connectivity index (χ2n) is 8.76. The molecule has 2 saturated heterocycles. The fraction of sp³-hybridized carbons (Fsp3) is 0.407. The van der Waals surface area contributed by atoms with Gasteiger partial charge < -0.3 is 24.6 Å². The summed E-state index contributed by atoms with van der Waals surface area (Å²) in [6, 6.07) is 12.5. The Morgan fingerprint density at radius 2 is 1.71 bits per heavy atom. The van der Waals surface area contributed by atoms with Gasteiger partial charge >= 0.3 is 0 Å². The van der Waals surface area contributed by atoms with E-state index < -0.39 is 17.7 Å². The highest BCUT2D eigenvalue weighted by Crippen LogP contribution is 2.40. The molecule has 1 atom stereocenters. The molecule has 2 heterocycles. The Kier molecular flexibility index (Phi) is 8.05. The number of hydrogen-bond donors (Lipinski definition) is 2. The summed E-state index contributed by atoms with van der Waals surface area (Å²) in [5.74, 6) is -0.811. The van der Waals surface area contributed by atoms with E-state index in [0.717, 1.165) is 26.1 Å². The molecule has 2 aromatic rings. The molecular formula is C27H32N2O6. The average Bonchev–Trinajstić information content (AvgIpc) is 3.13. The Morgan fingerprint density at radius 3 is 2.37 bits per heavy atom. The van der Waals surface area contributed by atoms with Crippen LogP contribution < -0.4 is 4.74 Å². The van der Waals surface area contributed by atoms with Crippen molar-refractivity contribution in [2.24, 2.45) is 0 Å². The van der Waals surface area contributed by atoms with E-state index >= 15 is 0 Å². The topological polar surface area (TPSA) is 99.5 Å². The quantitative estimate of drug-likeness (QED) is 0.323. The predicted molar refractivity (Wildman–Crippen MR) is 131 cm³/mol. The normalized spacial score (nSPS) is 20.4. The summed E-state index contributed by atoms with van der Waals surface area (Å²) >= 11 is 0.